The van der Waals surface area contributed by atoms with Crippen LogP contribution in [0.25, 0.3) is 33.4 Å². The molecule has 0 saturated heterocycles. The van der Waals surface area contributed by atoms with E-state index < -0.39 is 71.2 Å². The molecule has 0 aliphatic heterocycles. The summed E-state index contributed by atoms with van der Waals surface area (Å²) in [5.41, 5.74) is 12.0. The van der Waals surface area contributed by atoms with Gasteiger partial charge in [0.25, 0.3) is 0 Å². The monoisotopic (exact) mass is 1760 g/mol. The van der Waals surface area contributed by atoms with Gasteiger partial charge >= 0.3 is 6.11 Å². The highest BCUT2D eigenvalue weighted by Crippen LogP contribution is 2.49. The summed E-state index contributed by atoms with van der Waals surface area (Å²) in [6.07, 6.45) is 36.7. The smallest absolute Gasteiger partial charge is 0.400 e. The predicted octanol–water partition coefficient (Wildman–Crippen LogP) is 35.5. The van der Waals surface area contributed by atoms with E-state index in [1.807, 2.05) is 49.4 Å². The van der Waals surface area contributed by atoms with E-state index in [0.29, 0.717) is 59.3 Å². The van der Waals surface area contributed by atoms with E-state index in [9.17, 15) is 52.7 Å². The maximum atomic E-state index is 14.9. The Morgan fingerprint density at radius 1 is 0.276 bits per heavy atom. The van der Waals surface area contributed by atoms with Gasteiger partial charge in [0.2, 0.25) is 12.7 Å². The molecule has 8 aliphatic rings. The molecular formula is C113H138F12O2. The summed E-state index contributed by atoms with van der Waals surface area (Å²) in [5.74, 6) is 3.17. The van der Waals surface area contributed by atoms with Crippen LogP contribution in [0.3, 0.4) is 0 Å². The van der Waals surface area contributed by atoms with Crippen molar-refractivity contribution < 1.29 is 62.2 Å². The van der Waals surface area contributed by atoms with Crippen LogP contribution in [-0.2, 0) is 0 Å². The fraction of sp³-hybridized carbons (Fsp3) is 0.522. The third-order valence-corrected chi connectivity index (χ3v) is 30.4. The first-order valence-electron chi connectivity index (χ1n) is 48.2. The SMILES string of the molecule is CC1CCC(c2ccc(-c3ccc(C4CCC(C)CC4)cc3F)cc2)CC1.CC1CCC(c2ccc(C3CCC(C4CCC(C)CC4)CC3)cc2)CC1.CC1CCC(c2ccc(OCF)cc2)CC1.Cc1ccc(-c2ccc(-c3ccc(F)cc3F)cc2F)cc1.Cc1ccc(F)c(F)c1F.Cc1ccc(OC(F)(F)C2CCC(C3CCC(C)CC3)CC2)c(F)c1F. The minimum absolute atomic E-state index is 0.0645. The molecule has 0 atom stereocenters. The molecule has 8 fully saturated rings. The molecule has 0 N–H and O–H groups in total. The minimum Gasteiger partial charge on any atom is -0.463 e. The number of alkyl halides is 3. The quantitative estimate of drug-likeness (QED) is 0.0752. The number of hydrogen-bond donors (Lipinski definition) is 0. The van der Waals surface area contributed by atoms with Crippen molar-refractivity contribution in [3.8, 4) is 44.9 Å². The summed E-state index contributed by atoms with van der Waals surface area (Å²) in [4.78, 5) is 0. The highest BCUT2D eigenvalue weighted by molar-refractivity contribution is 5.72. The molecule has 14 heteroatoms. The third kappa shape index (κ3) is 27.7. The maximum Gasteiger partial charge on any atom is 0.400 e. The Hall–Kier alpha value is -8.26. The van der Waals surface area contributed by atoms with Crippen LogP contribution in [0.15, 0.2) is 176 Å². The van der Waals surface area contributed by atoms with E-state index in [0.717, 1.165) is 119 Å². The summed E-state index contributed by atoms with van der Waals surface area (Å²) in [6, 6.07) is 52.1. The molecule has 0 aromatic heterocycles. The molecular weight excluding hydrogens is 1620 g/mol. The van der Waals surface area contributed by atoms with Crippen molar-refractivity contribution in [1.82, 2.24) is 0 Å². The van der Waals surface area contributed by atoms with Crippen molar-refractivity contribution in [2.45, 2.75) is 303 Å². The lowest BCUT2D eigenvalue weighted by atomic mass is 9.68. The van der Waals surface area contributed by atoms with Crippen LogP contribution < -0.4 is 9.47 Å². The van der Waals surface area contributed by atoms with Crippen molar-refractivity contribution in [1.29, 1.82) is 0 Å². The van der Waals surface area contributed by atoms with Crippen LogP contribution in [0.5, 0.6) is 11.5 Å². The Balaban J connectivity index is 0.000000141. The van der Waals surface area contributed by atoms with Gasteiger partial charge < -0.3 is 9.47 Å². The van der Waals surface area contributed by atoms with Gasteiger partial charge in [-0.2, -0.15) is 13.2 Å². The van der Waals surface area contributed by atoms with Gasteiger partial charge in [0.15, 0.2) is 29.0 Å². The van der Waals surface area contributed by atoms with Gasteiger partial charge in [-0.3, -0.25) is 0 Å². The lowest BCUT2D eigenvalue weighted by molar-refractivity contribution is -0.225. The van der Waals surface area contributed by atoms with Crippen molar-refractivity contribution in [3.63, 3.8) is 0 Å². The second kappa shape index (κ2) is 47.0. The van der Waals surface area contributed by atoms with E-state index in [-0.39, 0.29) is 22.5 Å². The van der Waals surface area contributed by atoms with E-state index in [2.05, 4.69) is 113 Å². The van der Waals surface area contributed by atoms with Crippen LogP contribution in [0, 0.1) is 138 Å². The largest absolute Gasteiger partial charge is 0.463 e. The van der Waals surface area contributed by atoms with Crippen molar-refractivity contribution in [3.05, 3.63) is 273 Å². The normalized spacial score (nSPS) is 26.1. The maximum absolute atomic E-state index is 14.9. The van der Waals surface area contributed by atoms with Crippen LogP contribution in [0.4, 0.5) is 52.7 Å². The number of aryl methyl sites for hydroxylation is 3. The molecule has 0 radical (unpaired) electrons. The van der Waals surface area contributed by atoms with Gasteiger partial charge in [-0.1, -0.05) is 245 Å². The molecule has 686 valence electrons. The molecule has 0 amide bonds. The highest BCUT2D eigenvalue weighted by Gasteiger charge is 2.46. The average molecular weight is 1760 g/mol. The van der Waals surface area contributed by atoms with E-state index in [1.54, 1.807) is 29.3 Å². The molecule has 9 aromatic carbocycles. The second-order valence-electron chi connectivity index (χ2n) is 39.8. The lowest BCUT2D eigenvalue weighted by Gasteiger charge is -2.38. The summed E-state index contributed by atoms with van der Waals surface area (Å²) < 4.78 is 171. The molecule has 0 unspecified atom stereocenters. The van der Waals surface area contributed by atoms with Gasteiger partial charge in [-0.15, -0.1) is 0 Å². The number of halogens is 12. The number of benzene rings is 9. The van der Waals surface area contributed by atoms with Crippen LogP contribution in [0.1, 0.15) is 321 Å². The molecule has 9 aromatic rings. The highest BCUT2D eigenvalue weighted by atomic mass is 19.3. The van der Waals surface area contributed by atoms with Crippen LogP contribution in [0.2, 0.25) is 0 Å². The topological polar surface area (TPSA) is 18.5 Å². The molecule has 0 bridgehead atoms. The van der Waals surface area contributed by atoms with Gasteiger partial charge in [-0.05, 0) is 342 Å². The number of hydrogen-bond acceptors (Lipinski definition) is 2. The minimum atomic E-state index is -3.48. The molecule has 0 heterocycles. The first-order chi connectivity index (χ1) is 61.0. The van der Waals surface area contributed by atoms with E-state index in [4.69, 9.17) is 4.74 Å². The van der Waals surface area contributed by atoms with E-state index in [1.165, 1.54) is 235 Å². The Morgan fingerprint density at radius 3 is 0.984 bits per heavy atom. The zero-order chi connectivity index (χ0) is 90.4. The summed E-state index contributed by atoms with van der Waals surface area (Å²) in [6.45, 7) is 18.1. The molecule has 2 nitrogen and oxygen atoms in total. The molecule has 8 saturated carbocycles. The average Bonchev–Trinajstić information content (AvgIpc) is 0.808. The van der Waals surface area contributed by atoms with Crippen molar-refractivity contribution in [2.75, 3.05) is 6.86 Å². The number of rotatable bonds is 15. The Bertz CT molecular complexity index is 4800. The van der Waals surface area contributed by atoms with Crippen molar-refractivity contribution in [2.24, 2.45) is 65.1 Å². The van der Waals surface area contributed by atoms with Gasteiger partial charge in [-0.25, -0.2) is 39.5 Å². The zero-order valence-electron chi connectivity index (χ0n) is 76.7. The summed E-state index contributed by atoms with van der Waals surface area (Å²) >= 11 is 0. The van der Waals surface area contributed by atoms with E-state index >= 15 is 0 Å². The standard InChI is InChI=1S/C26H33F.C26H40.C21H28F4O.C19H13F3.C14H19FO.C7H5F3/c1-18-3-7-20(8-4-18)21-11-13-23(14-12-21)25-16-15-24(17-26(25)27)22-9-5-19(2)6-10-22;1-19-3-7-21(8-4-19)23-11-15-25(16-12-23)26-17-13-24(14-18-26)22-9-5-20(2)6-10-22;1-13-3-6-15(7-4-13)16-8-10-17(11-9-16)21(24,25)26-18-12-5-14(2)19(22)20(18)23;1-12-2-4-13(5-3-12)16-8-6-14(10-18(16)21)17-9-7-15(20)11-19(17)22;1-11-2-4-12(5-3-11)13-6-8-14(9-7-13)16-10-15;1-4-2-3-5(8)7(10)6(4)9/h11-20,22H,3-10H2,1-2H3;11-12,15-16,19-22,24,26H,3-10,13-14,17-18H2,1-2H3;5,12-13,15-17H,3-4,6-11H2,1-2H3;2-11H,1H3;6-9,11-12H,2-5,10H2,1H3;2-3H,1H3. The Kier molecular flexibility index (Phi) is 36.2. The molecule has 127 heavy (non-hydrogen) atoms. The van der Waals surface area contributed by atoms with Gasteiger partial charge in [0.05, 0.1) is 5.92 Å². The molecule has 8 aliphatic carbocycles. The van der Waals surface area contributed by atoms with Crippen LogP contribution in [-0.4, -0.2) is 13.0 Å². The van der Waals surface area contributed by atoms with Crippen molar-refractivity contribution >= 4 is 0 Å². The molecule has 17 rings (SSSR count). The lowest BCUT2D eigenvalue weighted by Crippen LogP contribution is -2.38. The first-order valence-corrected chi connectivity index (χ1v) is 48.2. The third-order valence-electron chi connectivity index (χ3n) is 30.4. The zero-order valence-corrected chi connectivity index (χ0v) is 76.7. The first kappa shape index (κ1) is 97.8. The van der Waals surface area contributed by atoms with Gasteiger partial charge in [0, 0.05) is 22.8 Å². The summed E-state index contributed by atoms with van der Waals surface area (Å²) in [7, 11) is 0. The number of ether oxygens (including phenoxy) is 2. The Labute approximate surface area is 751 Å². The Morgan fingerprint density at radius 2 is 0.583 bits per heavy atom. The molecule has 0 spiro atoms. The predicted molar refractivity (Wildman–Crippen MR) is 495 cm³/mol. The summed E-state index contributed by atoms with van der Waals surface area (Å²) in [5, 5.41) is 0. The fourth-order valence-corrected chi connectivity index (χ4v) is 21.6. The second-order valence-corrected chi connectivity index (χ2v) is 39.8. The van der Waals surface area contributed by atoms with Gasteiger partial charge in [0.1, 0.15) is 29.0 Å². The van der Waals surface area contributed by atoms with Crippen LogP contribution >= 0.6 is 0 Å². The fourth-order valence-electron chi connectivity index (χ4n) is 21.6.